The van der Waals surface area contributed by atoms with E-state index in [1.807, 2.05) is 30.3 Å². The molecular weight excluding hydrogens is 349 g/mol. The fraction of sp³-hybridized carbons (Fsp3) is 0.0588. The van der Waals surface area contributed by atoms with Gasteiger partial charge in [-0.3, -0.25) is 9.36 Å². The van der Waals surface area contributed by atoms with Crippen LogP contribution < -0.4 is 11.0 Å². The van der Waals surface area contributed by atoms with Crippen molar-refractivity contribution >= 4 is 34.8 Å². The summed E-state index contributed by atoms with van der Waals surface area (Å²) in [6.45, 7) is 0.292. The van der Waals surface area contributed by atoms with E-state index in [1.165, 1.54) is 16.8 Å². The molecule has 1 heterocycles. The average Bonchev–Trinajstić information content (AvgIpc) is 2.92. The molecule has 1 amide bonds. The summed E-state index contributed by atoms with van der Waals surface area (Å²) in [5.74, 6) is -0.437. The fourth-order valence-corrected chi connectivity index (χ4v) is 2.74. The van der Waals surface area contributed by atoms with Crippen LogP contribution in [0.25, 0.3) is 0 Å². The number of carbonyl (C=O) groups excluding carboxylic acids is 1. The van der Waals surface area contributed by atoms with Gasteiger partial charge in [-0.15, -0.1) is 0 Å². The molecule has 2 N–H and O–H groups in total. The quantitative estimate of drug-likeness (QED) is 0.742. The van der Waals surface area contributed by atoms with E-state index >= 15 is 0 Å². The lowest BCUT2D eigenvalue weighted by Crippen LogP contribution is -2.24. The number of hydrogen-bond acceptors (Lipinski definition) is 2. The number of anilines is 1. The highest BCUT2D eigenvalue weighted by atomic mass is 35.5. The molecule has 0 aliphatic carbocycles. The van der Waals surface area contributed by atoms with Crippen LogP contribution in [0, 0.1) is 0 Å². The van der Waals surface area contributed by atoms with E-state index in [0.717, 1.165) is 5.56 Å². The third kappa shape index (κ3) is 3.53. The number of aromatic amines is 1. The predicted molar refractivity (Wildman–Crippen MR) is 95.0 cm³/mol. The van der Waals surface area contributed by atoms with Gasteiger partial charge in [0.05, 0.1) is 17.3 Å². The molecule has 0 atom stereocenters. The van der Waals surface area contributed by atoms with Gasteiger partial charge in [-0.05, 0) is 23.8 Å². The third-order valence-electron chi connectivity index (χ3n) is 3.46. The van der Waals surface area contributed by atoms with Gasteiger partial charge in [-0.25, -0.2) is 4.79 Å². The van der Waals surface area contributed by atoms with Crippen LogP contribution in [0.4, 0.5) is 5.69 Å². The number of benzene rings is 2. The standard InChI is InChI=1S/C17H13Cl2N3O2/c18-12-6-7-14(13(19)8-12)21-16(23)15-9-20-17(24)22(15)10-11-4-2-1-3-5-11/h1-9H,10H2,(H,20,24)(H,21,23). The highest BCUT2D eigenvalue weighted by molar-refractivity contribution is 6.36. The maximum atomic E-state index is 12.5. The van der Waals surface area contributed by atoms with Crippen LogP contribution in [0.5, 0.6) is 0 Å². The Balaban J connectivity index is 1.87. The van der Waals surface area contributed by atoms with E-state index < -0.39 is 5.91 Å². The van der Waals surface area contributed by atoms with Crippen molar-refractivity contribution in [1.29, 1.82) is 0 Å². The number of aromatic nitrogens is 2. The minimum atomic E-state index is -0.437. The van der Waals surface area contributed by atoms with Crippen LogP contribution in [0.15, 0.2) is 59.5 Å². The zero-order valence-electron chi connectivity index (χ0n) is 12.4. The van der Waals surface area contributed by atoms with Crippen molar-refractivity contribution in [3.05, 3.63) is 86.5 Å². The van der Waals surface area contributed by atoms with Gasteiger partial charge in [0.1, 0.15) is 5.69 Å². The van der Waals surface area contributed by atoms with Gasteiger partial charge in [0, 0.05) is 11.2 Å². The van der Waals surface area contributed by atoms with Crippen LogP contribution in [0.3, 0.4) is 0 Å². The lowest BCUT2D eigenvalue weighted by atomic mass is 10.2. The summed E-state index contributed by atoms with van der Waals surface area (Å²) in [5, 5.41) is 3.48. The topological polar surface area (TPSA) is 66.9 Å². The van der Waals surface area contributed by atoms with E-state index in [0.29, 0.717) is 22.3 Å². The molecule has 0 aliphatic rings. The molecule has 3 rings (SSSR count). The first-order chi connectivity index (χ1) is 11.5. The van der Waals surface area contributed by atoms with Gasteiger partial charge >= 0.3 is 5.69 Å². The molecule has 2 aromatic carbocycles. The lowest BCUT2D eigenvalue weighted by molar-refractivity contribution is 0.101. The number of hydrogen-bond donors (Lipinski definition) is 2. The van der Waals surface area contributed by atoms with E-state index in [1.54, 1.807) is 12.1 Å². The molecule has 0 bridgehead atoms. The second-order valence-corrected chi connectivity index (χ2v) is 5.97. The lowest BCUT2D eigenvalue weighted by Gasteiger charge is -2.10. The normalized spacial score (nSPS) is 10.6. The molecule has 0 fully saturated rings. The average molecular weight is 362 g/mol. The molecule has 1 aromatic heterocycles. The van der Waals surface area contributed by atoms with E-state index in [2.05, 4.69) is 10.3 Å². The van der Waals surface area contributed by atoms with Crippen LogP contribution >= 0.6 is 23.2 Å². The van der Waals surface area contributed by atoms with Crippen molar-refractivity contribution < 1.29 is 4.79 Å². The summed E-state index contributed by atoms with van der Waals surface area (Å²) in [7, 11) is 0. The second-order valence-electron chi connectivity index (χ2n) is 5.13. The monoisotopic (exact) mass is 361 g/mol. The Bertz CT molecular complexity index is 933. The van der Waals surface area contributed by atoms with Gasteiger partial charge in [-0.1, -0.05) is 53.5 Å². The summed E-state index contributed by atoms with van der Waals surface area (Å²) >= 11 is 11.9. The van der Waals surface area contributed by atoms with Crippen molar-refractivity contribution in [2.75, 3.05) is 5.32 Å². The highest BCUT2D eigenvalue weighted by Gasteiger charge is 2.16. The molecule has 0 aliphatic heterocycles. The summed E-state index contributed by atoms with van der Waals surface area (Å²) in [6, 6.07) is 14.2. The van der Waals surface area contributed by atoms with Crippen LogP contribution in [0.1, 0.15) is 16.1 Å². The molecule has 122 valence electrons. The predicted octanol–water partition coefficient (Wildman–Crippen LogP) is 3.78. The molecule has 0 radical (unpaired) electrons. The molecule has 24 heavy (non-hydrogen) atoms. The number of imidazole rings is 1. The minimum Gasteiger partial charge on any atom is -0.319 e. The van der Waals surface area contributed by atoms with Crippen LogP contribution in [-0.2, 0) is 6.54 Å². The summed E-state index contributed by atoms with van der Waals surface area (Å²) in [5.41, 5.74) is 1.20. The van der Waals surface area contributed by atoms with E-state index in [-0.39, 0.29) is 11.4 Å². The number of nitrogens with zero attached hydrogens (tertiary/aromatic N) is 1. The van der Waals surface area contributed by atoms with Crippen molar-refractivity contribution in [2.24, 2.45) is 0 Å². The van der Waals surface area contributed by atoms with Gasteiger partial charge in [0.15, 0.2) is 0 Å². The number of amides is 1. The summed E-state index contributed by atoms with van der Waals surface area (Å²) < 4.78 is 1.37. The smallest absolute Gasteiger partial charge is 0.319 e. The summed E-state index contributed by atoms with van der Waals surface area (Å²) in [4.78, 5) is 27.0. The van der Waals surface area contributed by atoms with Crippen LogP contribution in [-0.4, -0.2) is 15.5 Å². The Morgan fingerprint density at radius 2 is 1.88 bits per heavy atom. The van der Waals surface area contributed by atoms with Crippen molar-refractivity contribution in [3.63, 3.8) is 0 Å². The van der Waals surface area contributed by atoms with Gasteiger partial charge < -0.3 is 10.3 Å². The molecule has 7 heteroatoms. The molecule has 3 aromatic rings. The summed E-state index contributed by atoms with van der Waals surface area (Å²) in [6.07, 6.45) is 1.38. The molecule has 0 saturated heterocycles. The zero-order valence-corrected chi connectivity index (χ0v) is 13.9. The fourth-order valence-electron chi connectivity index (χ4n) is 2.28. The van der Waals surface area contributed by atoms with Gasteiger partial charge in [-0.2, -0.15) is 0 Å². The highest BCUT2D eigenvalue weighted by Crippen LogP contribution is 2.25. The SMILES string of the molecule is O=C(Nc1ccc(Cl)cc1Cl)c1c[nH]c(=O)n1Cc1ccccc1. The maximum Gasteiger partial charge on any atom is 0.326 e. The largest absolute Gasteiger partial charge is 0.326 e. The third-order valence-corrected chi connectivity index (χ3v) is 4.01. The first-order valence-corrected chi connectivity index (χ1v) is 7.89. The Kier molecular flexibility index (Phi) is 4.74. The second kappa shape index (κ2) is 6.95. The molecule has 5 nitrogen and oxygen atoms in total. The van der Waals surface area contributed by atoms with Crippen molar-refractivity contribution in [3.8, 4) is 0 Å². The Morgan fingerprint density at radius 3 is 2.58 bits per heavy atom. The number of carbonyl (C=O) groups is 1. The van der Waals surface area contributed by atoms with Gasteiger partial charge in [0.2, 0.25) is 0 Å². The molecule has 0 spiro atoms. The minimum absolute atomic E-state index is 0.217. The number of halogens is 2. The number of H-pyrrole nitrogens is 1. The Labute approximate surface area is 147 Å². The van der Waals surface area contributed by atoms with Crippen LogP contribution in [0.2, 0.25) is 10.0 Å². The molecule has 0 unspecified atom stereocenters. The number of nitrogens with one attached hydrogen (secondary N) is 2. The van der Waals surface area contributed by atoms with Crippen molar-refractivity contribution in [1.82, 2.24) is 9.55 Å². The first-order valence-electron chi connectivity index (χ1n) is 7.13. The molecule has 0 saturated carbocycles. The van der Waals surface area contributed by atoms with E-state index in [4.69, 9.17) is 23.2 Å². The number of rotatable bonds is 4. The van der Waals surface area contributed by atoms with Crippen molar-refractivity contribution in [2.45, 2.75) is 6.54 Å². The Morgan fingerprint density at radius 1 is 1.12 bits per heavy atom. The maximum absolute atomic E-state index is 12.5. The first kappa shape index (κ1) is 16.4. The Hall–Kier alpha value is -2.50. The van der Waals surface area contributed by atoms with E-state index in [9.17, 15) is 9.59 Å². The van der Waals surface area contributed by atoms with Gasteiger partial charge in [0.25, 0.3) is 5.91 Å². The molecular formula is C17H13Cl2N3O2. The zero-order chi connectivity index (χ0) is 17.1.